The van der Waals surface area contributed by atoms with Crippen LogP contribution in [0.3, 0.4) is 0 Å². The van der Waals surface area contributed by atoms with Crippen LogP contribution in [0.2, 0.25) is 0 Å². The fraction of sp³-hybridized carbons (Fsp3) is 0.944. The number of rotatable bonds is 7. The second-order valence-corrected chi connectivity index (χ2v) is 8.80. The zero-order chi connectivity index (χ0) is 16.2. The lowest BCUT2D eigenvalue weighted by atomic mass is 9.60. The van der Waals surface area contributed by atoms with E-state index in [0.717, 1.165) is 32.1 Å². The largest absolute Gasteiger partial charge is 0.481 e. The molecule has 2 nitrogen and oxygen atoms in total. The molecule has 0 rings (SSSR count). The Hall–Kier alpha value is -0.530. The minimum absolute atomic E-state index is 0.0400. The molecule has 0 saturated heterocycles. The zero-order valence-electron chi connectivity index (χ0n) is 15.0. The predicted molar refractivity (Wildman–Crippen MR) is 86.9 cm³/mol. The Bertz CT molecular complexity index is 306. The van der Waals surface area contributed by atoms with Gasteiger partial charge in [0.2, 0.25) is 0 Å². The Kier molecular flexibility index (Phi) is 6.77. The molecule has 0 heterocycles. The molecular weight excluding hydrogens is 248 g/mol. The average Bonchev–Trinajstić information content (AvgIpc) is 2.21. The smallest absolute Gasteiger partial charge is 0.309 e. The topological polar surface area (TPSA) is 37.3 Å². The van der Waals surface area contributed by atoms with Gasteiger partial charge in [0.1, 0.15) is 0 Å². The SMILES string of the molecule is CCCC(CC(C)(C)C)C(CC)(CC(C)(C)C)C(=O)O. The molecule has 0 radical (unpaired) electrons. The molecule has 0 saturated carbocycles. The van der Waals surface area contributed by atoms with Crippen LogP contribution in [0.15, 0.2) is 0 Å². The van der Waals surface area contributed by atoms with E-state index in [1.54, 1.807) is 0 Å². The van der Waals surface area contributed by atoms with Gasteiger partial charge in [-0.15, -0.1) is 0 Å². The molecule has 0 aliphatic rings. The van der Waals surface area contributed by atoms with Crippen LogP contribution in [0, 0.1) is 22.2 Å². The van der Waals surface area contributed by atoms with Crippen LogP contribution in [-0.2, 0) is 4.79 Å². The van der Waals surface area contributed by atoms with Crippen LogP contribution in [0.25, 0.3) is 0 Å². The monoisotopic (exact) mass is 284 g/mol. The molecule has 0 aromatic rings. The van der Waals surface area contributed by atoms with Crippen molar-refractivity contribution in [3.05, 3.63) is 0 Å². The fourth-order valence-electron chi connectivity index (χ4n) is 3.57. The molecule has 0 aromatic carbocycles. The van der Waals surface area contributed by atoms with E-state index in [-0.39, 0.29) is 16.7 Å². The average molecular weight is 284 g/mol. The molecule has 0 fully saturated rings. The quantitative estimate of drug-likeness (QED) is 0.645. The number of hydrogen-bond donors (Lipinski definition) is 1. The summed E-state index contributed by atoms with van der Waals surface area (Å²) in [7, 11) is 0. The van der Waals surface area contributed by atoms with E-state index in [2.05, 4.69) is 48.5 Å². The Labute approximate surface area is 126 Å². The van der Waals surface area contributed by atoms with Gasteiger partial charge in [0.15, 0.2) is 0 Å². The summed E-state index contributed by atoms with van der Waals surface area (Å²) in [5.74, 6) is -0.341. The maximum atomic E-state index is 12.1. The minimum atomic E-state index is -0.599. The second kappa shape index (κ2) is 6.95. The number of hydrogen-bond acceptors (Lipinski definition) is 1. The third-order valence-corrected chi connectivity index (χ3v) is 4.18. The Morgan fingerprint density at radius 1 is 1.00 bits per heavy atom. The Morgan fingerprint density at radius 2 is 1.50 bits per heavy atom. The highest BCUT2D eigenvalue weighted by Gasteiger charge is 2.47. The van der Waals surface area contributed by atoms with Crippen molar-refractivity contribution >= 4 is 5.97 Å². The molecule has 0 aromatic heterocycles. The van der Waals surface area contributed by atoms with Gasteiger partial charge >= 0.3 is 5.97 Å². The highest BCUT2D eigenvalue weighted by Crippen LogP contribution is 2.48. The molecule has 0 amide bonds. The minimum Gasteiger partial charge on any atom is -0.481 e. The predicted octanol–water partition coefficient (Wildman–Crippen LogP) is 5.76. The van der Waals surface area contributed by atoms with Crippen molar-refractivity contribution in [3.63, 3.8) is 0 Å². The molecule has 1 N–H and O–H groups in total. The number of carboxylic acids is 1. The van der Waals surface area contributed by atoms with Crippen molar-refractivity contribution in [3.8, 4) is 0 Å². The van der Waals surface area contributed by atoms with Crippen molar-refractivity contribution in [2.24, 2.45) is 22.2 Å². The van der Waals surface area contributed by atoms with Gasteiger partial charge < -0.3 is 5.11 Å². The van der Waals surface area contributed by atoms with Gasteiger partial charge in [0, 0.05) is 0 Å². The number of carbonyl (C=O) groups is 1. The third-order valence-electron chi connectivity index (χ3n) is 4.18. The van der Waals surface area contributed by atoms with Crippen molar-refractivity contribution in [2.45, 2.75) is 87.5 Å². The van der Waals surface area contributed by atoms with Crippen LogP contribution in [0.4, 0.5) is 0 Å². The van der Waals surface area contributed by atoms with Gasteiger partial charge in [-0.2, -0.15) is 0 Å². The first-order valence-electron chi connectivity index (χ1n) is 8.11. The molecule has 0 spiro atoms. The summed E-state index contributed by atoms with van der Waals surface area (Å²) in [6.07, 6.45) is 4.53. The first kappa shape index (κ1) is 19.5. The molecule has 0 aliphatic carbocycles. The lowest BCUT2D eigenvalue weighted by Crippen LogP contribution is -2.42. The van der Waals surface area contributed by atoms with E-state index < -0.39 is 11.4 Å². The van der Waals surface area contributed by atoms with E-state index in [9.17, 15) is 9.90 Å². The summed E-state index contributed by atoms with van der Waals surface area (Å²) < 4.78 is 0. The van der Waals surface area contributed by atoms with Gasteiger partial charge in [-0.05, 0) is 42.4 Å². The summed E-state index contributed by atoms with van der Waals surface area (Å²) >= 11 is 0. The molecule has 0 aliphatic heterocycles. The Morgan fingerprint density at radius 3 is 1.75 bits per heavy atom. The van der Waals surface area contributed by atoms with Gasteiger partial charge in [-0.25, -0.2) is 0 Å². The van der Waals surface area contributed by atoms with Crippen LogP contribution in [0.1, 0.15) is 87.5 Å². The van der Waals surface area contributed by atoms with Gasteiger partial charge in [-0.3, -0.25) is 4.79 Å². The normalized spacial score (nSPS) is 17.6. The van der Waals surface area contributed by atoms with Crippen LogP contribution in [0.5, 0.6) is 0 Å². The second-order valence-electron chi connectivity index (χ2n) is 8.80. The van der Waals surface area contributed by atoms with Gasteiger partial charge in [0.05, 0.1) is 5.41 Å². The molecule has 2 heteroatoms. The first-order valence-corrected chi connectivity index (χ1v) is 8.11. The highest BCUT2D eigenvalue weighted by atomic mass is 16.4. The van der Waals surface area contributed by atoms with Crippen molar-refractivity contribution in [1.29, 1.82) is 0 Å². The number of aliphatic carboxylic acids is 1. The Balaban J connectivity index is 5.57. The van der Waals surface area contributed by atoms with Crippen molar-refractivity contribution in [1.82, 2.24) is 0 Å². The standard InChI is InChI=1S/C18H36O2/c1-9-11-14(12-16(3,4)5)18(10-2,15(19)20)13-17(6,7)8/h14H,9-13H2,1-8H3,(H,19,20). The van der Waals surface area contributed by atoms with Gasteiger partial charge in [0.25, 0.3) is 0 Å². The van der Waals surface area contributed by atoms with Crippen molar-refractivity contribution < 1.29 is 9.90 Å². The van der Waals surface area contributed by atoms with Crippen LogP contribution in [-0.4, -0.2) is 11.1 Å². The van der Waals surface area contributed by atoms with Crippen LogP contribution < -0.4 is 0 Å². The molecule has 20 heavy (non-hydrogen) atoms. The number of carboxylic acid groups (broad SMARTS) is 1. The fourth-order valence-corrected chi connectivity index (χ4v) is 3.57. The van der Waals surface area contributed by atoms with Crippen LogP contribution >= 0.6 is 0 Å². The first-order chi connectivity index (χ1) is 8.88. The highest BCUT2D eigenvalue weighted by molar-refractivity contribution is 5.75. The maximum absolute atomic E-state index is 12.1. The van der Waals surface area contributed by atoms with E-state index >= 15 is 0 Å². The lowest BCUT2D eigenvalue weighted by molar-refractivity contribution is -0.157. The van der Waals surface area contributed by atoms with E-state index in [1.807, 2.05) is 6.92 Å². The maximum Gasteiger partial charge on any atom is 0.309 e. The summed E-state index contributed by atoms with van der Waals surface area (Å²) in [6, 6.07) is 0. The van der Waals surface area contributed by atoms with Gasteiger partial charge in [-0.1, -0.05) is 61.8 Å². The summed E-state index contributed by atoms with van der Waals surface area (Å²) in [4.78, 5) is 12.1. The summed E-state index contributed by atoms with van der Waals surface area (Å²) in [5, 5.41) is 9.98. The lowest BCUT2D eigenvalue weighted by Gasteiger charge is -2.43. The zero-order valence-corrected chi connectivity index (χ0v) is 15.0. The van der Waals surface area contributed by atoms with E-state index in [0.29, 0.717) is 0 Å². The molecule has 2 unspecified atom stereocenters. The van der Waals surface area contributed by atoms with E-state index in [4.69, 9.17) is 0 Å². The summed E-state index contributed by atoms with van der Waals surface area (Å²) in [5.41, 5.74) is -0.368. The van der Waals surface area contributed by atoms with E-state index in [1.165, 1.54) is 0 Å². The summed E-state index contributed by atoms with van der Waals surface area (Å²) in [6.45, 7) is 17.3. The molecular formula is C18H36O2. The molecule has 2 atom stereocenters. The molecule has 120 valence electrons. The molecule has 0 bridgehead atoms. The van der Waals surface area contributed by atoms with Crippen molar-refractivity contribution in [2.75, 3.05) is 0 Å². The third kappa shape index (κ3) is 5.85.